The number of carbonyl (C=O) groups is 1. The Kier molecular flexibility index (Phi) is 7.10. The van der Waals surface area contributed by atoms with Crippen molar-refractivity contribution < 1.29 is 14.6 Å². The number of aliphatic carboxylic acids is 1. The molecule has 0 radical (unpaired) electrons. The molecule has 0 bridgehead atoms. The summed E-state index contributed by atoms with van der Waals surface area (Å²) in [4.78, 5) is 23.7. The third-order valence-electron chi connectivity index (χ3n) is 5.60. The molecule has 3 rings (SSSR count). The van der Waals surface area contributed by atoms with Gasteiger partial charge < -0.3 is 14.8 Å². The Hall–Kier alpha value is -3.15. The van der Waals surface area contributed by atoms with Crippen molar-refractivity contribution in [2.45, 2.75) is 47.0 Å². The summed E-state index contributed by atoms with van der Waals surface area (Å²) in [6.07, 6.45) is 7.09. The van der Waals surface area contributed by atoms with Crippen LogP contribution in [0.4, 0.5) is 0 Å². The van der Waals surface area contributed by atoms with Gasteiger partial charge in [0, 0.05) is 29.2 Å². The molecule has 1 atom stereocenters. The van der Waals surface area contributed by atoms with Crippen LogP contribution in [-0.4, -0.2) is 32.6 Å². The fraction of sp³-hybridized carbons (Fsp3) is 0.400. The molecule has 0 aliphatic carbocycles. The second-order valence-electron chi connectivity index (χ2n) is 8.74. The first kappa shape index (κ1) is 22.5. The van der Waals surface area contributed by atoms with Gasteiger partial charge in [0.2, 0.25) is 0 Å². The molecule has 0 spiro atoms. The Morgan fingerprint density at radius 3 is 2.42 bits per heavy atom. The van der Waals surface area contributed by atoms with E-state index in [-0.39, 0.29) is 6.61 Å². The van der Waals surface area contributed by atoms with Crippen LogP contribution in [0.3, 0.4) is 0 Å². The average molecular weight is 422 g/mol. The quantitative estimate of drug-likeness (QED) is 0.444. The van der Waals surface area contributed by atoms with E-state index in [1.54, 1.807) is 13.8 Å². The number of nitrogens with one attached hydrogen (secondary N) is 1. The summed E-state index contributed by atoms with van der Waals surface area (Å²) < 4.78 is 5.63. The zero-order valence-electron chi connectivity index (χ0n) is 18.7. The van der Waals surface area contributed by atoms with Crippen molar-refractivity contribution in [3.8, 4) is 28.4 Å². The Morgan fingerprint density at radius 2 is 1.81 bits per heavy atom. The van der Waals surface area contributed by atoms with E-state index in [1.807, 2.05) is 48.8 Å². The number of carboxylic acids is 1. The molecule has 6 heteroatoms. The maximum Gasteiger partial charge on any atom is 0.312 e. The number of nitrogens with zero attached hydrogens (tertiary/aromatic N) is 2. The van der Waals surface area contributed by atoms with Crippen LogP contribution in [0, 0.1) is 11.3 Å². The number of aromatic amines is 1. The summed E-state index contributed by atoms with van der Waals surface area (Å²) in [5, 5.41) is 9.18. The van der Waals surface area contributed by atoms with Gasteiger partial charge in [-0.1, -0.05) is 20.3 Å². The SMILES string of the molecule is CCC(C)CCc1cnc(-c2ccc(-c3ccc(OCC(C)(C)C(=O)O)cc3)nc2)[nH]1. The summed E-state index contributed by atoms with van der Waals surface area (Å²) in [6, 6.07) is 11.5. The lowest BCUT2D eigenvalue weighted by atomic mass is 9.95. The first-order chi connectivity index (χ1) is 14.8. The lowest BCUT2D eigenvalue weighted by Gasteiger charge is -2.19. The predicted molar refractivity (Wildman–Crippen MR) is 122 cm³/mol. The van der Waals surface area contributed by atoms with Gasteiger partial charge in [0.15, 0.2) is 0 Å². The van der Waals surface area contributed by atoms with E-state index in [9.17, 15) is 9.90 Å². The normalized spacial score (nSPS) is 12.5. The number of imidazole rings is 1. The van der Waals surface area contributed by atoms with Crippen molar-refractivity contribution in [2.75, 3.05) is 6.61 Å². The van der Waals surface area contributed by atoms with Crippen LogP contribution >= 0.6 is 0 Å². The van der Waals surface area contributed by atoms with Crippen molar-refractivity contribution >= 4 is 5.97 Å². The minimum Gasteiger partial charge on any atom is -0.492 e. The van der Waals surface area contributed by atoms with Crippen molar-refractivity contribution in [3.63, 3.8) is 0 Å². The maximum atomic E-state index is 11.2. The molecule has 3 aromatic rings. The van der Waals surface area contributed by atoms with E-state index in [4.69, 9.17) is 4.74 Å². The monoisotopic (exact) mass is 421 g/mol. The largest absolute Gasteiger partial charge is 0.492 e. The molecule has 0 amide bonds. The molecule has 1 aromatic carbocycles. The molecule has 2 N–H and O–H groups in total. The highest BCUT2D eigenvalue weighted by molar-refractivity contribution is 5.73. The summed E-state index contributed by atoms with van der Waals surface area (Å²) in [6.45, 7) is 7.88. The van der Waals surface area contributed by atoms with E-state index in [0.29, 0.717) is 11.7 Å². The lowest BCUT2D eigenvalue weighted by Crippen LogP contribution is -2.30. The second-order valence-corrected chi connectivity index (χ2v) is 8.74. The molecular weight excluding hydrogens is 390 g/mol. The van der Waals surface area contributed by atoms with Gasteiger partial charge in [0.25, 0.3) is 0 Å². The van der Waals surface area contributed by atoms with E-state index in [0.717, 1.165) is 41.2 Å². The number of benzene rings is 1. The Balaban J connectivity index is 1.62. The topological polar surface area (TPSA) is 88.1 Å². The van der Waals surface area contributed by atoms with E-state index < -0.39 is 11.4 Å². The third kappa shape index (κ3) is 5.94. The minimum atomic E-state index is -0.935. The van der Waals surface area contributed by atoms with E-state index in [2.05, 4.69) is 28.8 Å². The molecule has 0 saturated carbocycles. The highest BCUT2D eigenvalue weighted by Crippen LogP contribution is 2.25. The number of aromatic nitrogens is 3. The van der Waals surface area contributed by atoms with Crippen molar-refractivity contribution in [1.29, 1.82) is 0 Å². The summed E-state index contributed by atoms with van der Waals surface area (Å²) in [7, 11) is 0. The number of aryl methyl sites for hydroxylation is 1. The third-order valence-corrected chi connectivity index (χ3v) is 5.60. The summed E-state index contributed by atoms with van der Waals surface area (Å²) in [5.41, 5.74) is 2.99. The van der Waals surface area contributed by atoms with Gasteiger partial charge in [-0.3, -0.25) is 9.78 Å². The van der Waals surface area contributed by atoms with Gasteiger partial charge in [0.05, 0.1) is 11.1 Å². The first-order valence-electron chi connectivity index (χ1n) is 10.8. The zero-order chi connectivity index (χ0) is 22.4. The molecule has 2 aromatic heterocycles. The van der Waals surface area contributed by atoms with Crippen LogP contribution in [0.15, 0.2) is 48.8 Å². The average Bonchev–Trinajstić information content (AvgIpc) is 3.25. The van der Waals surface area contributed by atoms with Gasteiger partial charge in [-0.05, 0) is 69.0 Å². The van der Waals surface area contributed by atoms with Crippen LogP contribution in [0.25, 0.3) is 22.6 Å². The molecule has 1 unspecified atom stereocenters. The number of ether oxygens (including phenoxy) is 1. The van der Waals surface area contributed by atoms with Gasteiger partial charge in [-0.2, -0.15) is 0 Å². The number of pyridine rings is 1. The standard InChI is InChI=1S/C25H31N3O3/c1-5-17(2)6-10-20-15-27-23(28-20)19-9-13-22(26-14-19)18-7-11-21(12-8-18)31-16-25(3,4)24(29)30/h7-9,11-15,17H,5-6,10,16H2,1-4H3,(H,27,28)(H,29,30). The van der Waals surface area contributed by atoms with E-state index >= 15 is 0 Å². The molecular formula is C25H31N3O3. The first-order valence-corrected chi connectivity index (χ1v) is 10.8. The highest BCUT2D eigenvalue weighted by atomic mass is 16.5. The number of rotatable bonds is 10. The lowest BCUT2D eigenvalue weighted by molar-refractivity contribution is -0.148. The fourth-order valence-corrected chi connectivity index (χ4v) is 2.99. The molecule has 164 valence electrons. The van der Waals surface area contributed by atoms with Gasteiger partial charge in [-0.25, -0.2) is 4.98 Å². The molecule has 0 aliphatic heterocycles. The van der Waals surface area contributed by atoms with Gasteiger partial charge in [0.1, 0.15) is 18.2 Å². The zero-order valence-corrected chi connectivity index (χ0v) is 18.7. The Morgan fingerprint density at radius 1 is 1.10 bits per heavy atom. The van der Waals surface area contributed by atoms with E-state index in [1.165, 1.54) is 6.42 Å². The van der Waals surface area contributed by atoms with Crippen molar-refractivity contribution in [2.24, 2.45) is 11.3 Å². The van der Waals surface area contributed by atoms with Crippen molar-refractivity contribution in [3.05, 3.63) is 54.5 Å². The molecule has 6 nitrogen and oxygen atoms in total. The number of hydrogen-bond donors (Lipinski definition) is 2. The van der Waals surface area contributed by atoms with Crippen LogP contribution in [0.1, 0.15) is 46.2 Å². The van der Waals surface area contributed by atoms with Crippen LogP contribution in [-0.2, 0) is 11.2 Å². The van der Waals surface area contributed by atoms with Crippen LogP contribution in [0.2, 0.25) is 0 Å². The fourth-order valence-electron chi connectivity index (χ4n) is 2.99. The Bertz CT molecular complexity index is 992. The predicted octanol–water partition coefficient (Wildman–Crippen LogP) is 5.61. The number of hydrogen-bond acceptors (Lipinski definition) is 4. The van der Waals surface area contributed by atoms with Crippen LogP contribution in [0.5, 0.6) is 5.75 Å². The Labute approximate surface area is 183 Å². The molecule has 0 saturated heterocycles. The summed E-state index contributed by atoms with van der Waals surface area (Å²) in [5.74, 6) is 1.30. The number of carboxylic acid groups (broad SMARTS) is 1. The van der Waals surface area contributed by atoms with Gasteiger partial charge in [-0.15, -0.1) is 0 Å². The highest BCUT2D eigenvalue weighted by Gasteiger charge is 2.28. The molecule has 31 heavy (non-hydrogen) atoms. The van der Waals surface area contributed by atoms with Gasteiger partial charge >= 0.3 is 5.97 Å². The molecule has 0 aliphatic rings. The number of H-pyrrole nitrogens is 1. The molecule has 2 heterocycles. The van der Waals surface area contributed by atoms with Crippen molar-refractivity contribution in [1.82, 2.24) is 15.0 Å². The smallest absolute Gasteiger partial charge is 0.312 e. The minimum absolute atomic E-state index is 0.108. The molecule has 0 fully saturated rings. The van der Waals surface area contributed by atoms with Crippen LogP contribution < -0.4 is 4.74 Å². The second kappa shape index (κ2) is 9.77. The maximum absolute atomic E-state index is 11.2. The summed E-state index contributed by atoms with van der Waals surface area (Å²) >= 11 is 0.